The van der Waals surface area contributed by atoms with Crippen molar-refractivity contribution in [3.05, 3.63) is 72.6 Å². The minimum absolute atomic E-state index is 0.102. The minimum Gasteiger partial charge on any atom is -0.497 e. The fraction of sp³-hybridized carbons (Fsp3) is 0.100. The fourth-order valence-corrected chi connectivity index (χ4v) is 3.00. The van der Waals surface area contributed by atoms with Crippen LogP contribution in [0.15, 0.2) is 67.0 Å². The highest BCUT2D eigenvalue weighted by Crippen LogP contribution is 2.30. The molecule has 1 amide bonds. The maximum atomic E-state index is 11.0. The highest BCUT2D eigenvalue weighted by atomic mass is 16.5. The minimum atomic E-state index is -1.21. The van der Waals surface area contributed by atoms with E-state index in [9.17, 15) is 4.79 Å². The highest BCUT2D eigenvalue weighted by molar-refractivity contribution is 5.82. The third kappa shape index (κ3) is 3.79. The van der Waals surface area contributed by atoms with Gasteiger partial charge in [0.25, 0.3) is 0 Å². The van der Waals surface area contributed by atoms with Crippen molar-refractivity contribution in [2.24, 2.45) is 0 Å². The zero-order valence-electron chi connectivity index (χ0n) is 15.6. The summed E-state index contributed by atoms with van der Waals surface area (Å²) in [5.41, 5.74) is 2.39. The van der Waals surface area contributed by atoms with Gasteiger partial charge in [-0.15, -0.1) is 10.2 Å². The molecule has 9 nitrogen and oxygen atoms in total. The molecule has 0 radical (unpaired) electrons. The van der Waals surface area contributed by atoms with Gasteiger partial charge in [0, 0.05) is 24.6 Å². The maximum absolute atomic E-state index is 11.0. The number of carbonyl (C=O) groups is 1. The van der Waals surface area contributed by atoms with E-state index >= 15 is 0 Å². The molecule has 2 aromatic heterocycles. The van der Waals surface area contributed by atoms with Gasteiger partial charge >= 0.3 is 6.09 Å². The lowest BCUT2D eigenvalue weighted by Crippen LogP contribution is -2.19. The summed E-state index contributed by atoms with van der Waals surface area (Å²) in [6.07, 6.45) is 1.98. The molecule has 2 N–H and O–H groups in total. The lowest BCUT2D eigenvalue weighted by Gasteiger charge is -2.24. The molecule has 0 saturated carbocycles. The lowest BCUT2D eigenvalue weighted by molar-refractivity contribution is 0.209. The van der Waals surface area contributed by atoms with Gasteiger partial charge in [-0.2, -0.15) is 0 Å². The van der Waals surface area contributed by atoms with E-state index in [4.69, 9.17) is 9.84 Å². The normalized spacial score (nSPS) is 10.7. The van der Waals surface area contributed by atoms with Crippen molar-refractivity contribution < 1.29 is 14.6 Å². The Balaban J connectivity index is 1.81. The van der Waals surface area contributed by atoms with E-state index in [-0.39, 0.29) is 5.95 Å². The third-order valence-electron chi connectivity index (χ3n) is 4.35. The Labute approximate surface area is 166 Å². The molecule has 0 aliphatic heterocycles. The zero-order chi connectivity index (χ0) is 20.2. The van der Waals surface area contributed by atoms with Gasteiger partial charge in [0.15, 0.2) is 5.82 Å². The number of rotatable bonds is 6. The Morgan fingerprint density at radius 3 is 2.59 bits per heavy atom. The Kier molecular flexibility index (Phi) is 4.93. The molecule has 0 spiro atoms. The standard InChI is InChI=1S/C20H18N6O3/c1-29-16-9-7-15(8-10-16)26(13-14-5-3-2-4-6-14)17-18-23-24-19(22-20(27)28)25(18)12-11-21-17/h2-12H,13H2,1H3,(H,22,24)(H,27,28). The number of nitrogens with zero attached hydrogens (tertiary/aromatic N) is 5. The molecule has 0 saturated heterocycles. The second-order valence-electron chi connectivity index (χ2n) is 6.17. The second-order valence-corrected chi connectivity index (χ2v) is 6.17. The van der Waals surface area contributed by atoms with Crippen molar-refractivity contribution in [1.82, 2.24) is 19.6 Å². The van der Waals surface area contributed by atoms with Gasteiger partial charge in [0.2, 0.25) is 11.6 Å². The molecular formula is C20H18N6O3. The van der Waals surface area contributed by atoms with Gasteiger partial charge in [-0.05, 0) is 29.8 Å². The zero-order valence-corrected chi connectivity index (χ0v) is 15.6. The number of anilines is 3. The summed E-state index contributed by atoms with van der Waals surface area (Å²) >= 11 is 0. The predicted molar refractivity (Wildman–Crippen MR) is 108 cm³/mol. The lowest BCUT2D eigenvalue weighted by atomic mass is 10.2. The Morgan fingerprint density at radius 2 is 1.90 bits per heavy atom. The Morgan fingerprint density at radius 1 is 1.14 bits per heavy atom. The SMILES string of the molecule is COc1ccc(N(Cc2ccccc2)c2nccn3c(NC(=O)O)nnc23)cc1. The number of aromatic nitrogens is 4. The summed E-state index contributed by atoms with van der Waals surface area (Å²) in [4.78, 5) is 17.5. The van der Waals surface area contributed by atoms with Crippen LogP contribution >= 0.6 is 0 Å². The van der Waals surface area contributed by atoms with Crippen LogP contribution < -0.4 is 15.0 Å². The molecule has 4 aromatic rings. The van der Waals surface area contributed by atoms with E-state index in [0.717, 1.165) is 17.0 Å². The maximum Gasteiger partial charge on any atom is 0.411 e. The number of ether oxygens (including phenoxy) is 1. The van der Waals surface area contributed by atoms with Crippen molar-refractivity contribution in [2.75, 3.05) is 17.3 Å². The quantitative estimate of drug-likeness (QED) is 0.519. The average molecular weight is 390 g/mol. The Bertz CT molecular complexity index is 1130. The van der Waals surface area contributed by atoms with Crippen molar-refractivity contribution in [1.29, 1.82) is 0 Å². The van der Waals surface area contributed by atoms with E-state index in [2.05, 4.69) is 20.5 Å². The van der Waals surface area contributed by atoms with Gasteiger partial charge in [-0.1, -0.05) is 30.3 Å². The molecule has 29 heavy (non-hydrogen) atoms. The predicted octanol–water partition coefficient (Wildman–Crippen LogP) is 3.56. The molecule has 0 atom stereocenters. The number of benzene rings is 2. The second kappa shape index (κ2) is 7.85. The van der Waals surface area contributed by atoms with Crippen LogP contribution in [0.5, 0.6) is 5.75 Å². The smallest absolute Gasteiger partial charge is 0.411 e. The summed E-state index contributed by atoms with van der Waals surface area (Å²) in [7, 11) is 1.62. The van der Waals surface area contributed by atoms with Crippen LogP contribution in [0.4, 0.5) is 22.2 Å². The average Bonchev–Trinajstić information content (AvgIpc) is 3.15. The molecule has 2 aromatic carbocycles. The van der Waals surface area contributed by atoms with Gasteiger partial charge < -0.3 is 14.7 Å². The van der Waals surface area contributed by atoms with E-state index < -0.39 is 6.09 Å². The van der Waals surface area contributed by atoms with Gasteiger partial charge in [0.1, 0.15) is 5.75 Å². The van der Waals surface area contributed by atoms with E-state index in [1.54, 1.807) is 23.9 Å². The summed E-state index contributed by atoms with van der Waals surface area (Å²) in [5.74, 6) is 1.40. The van der Waals surface area contributed by atoms with Gasteiger partial charge in [-0.3, -0.25) is 9.72 Å². The van der Waals surface area contributed by atoms with Gasteiger partial charge in [-0.25, -0.2) is 9.78 Å². The van der Waals surface area contributed by atoms with Crippen LogP contribution in [-0.2, 0) is 6.54 Å². The molecule has 146 valence electrons. The fourth-order valence-electron chi connectivity index (χ4n) is 3.00. The van der Waals surface area contributed by atoms with Crippen molar-refractivity contribution in [3.63, 3.8) is 0 Å². The van der Waals surface area contributed by atoms with Crippen molar-refractivity contribution in [3.8, 4) is 5.75 Å². The molecule has 9 heteroatoms. The summed E-state index contributed by atoms with van der Waals surface area (Å²) in [5, 5.41) is 19.3. The van der Waals surface area contributed by atoms with Crippen LogP contribution in [0.2, 0.25) is 0 Å². The van der Waals surface area contributed by atoms with Crippen LogP contribution in [0.1, 0.15) is 5.56 Å². The number of amides is 1. The van der Waals surface area contributed by atoms with E-state index in [0.29, 0.717) is 18.0 Å². The number of hydrogen-bond acceptors (Lipinski definition) is 6. The highest BCUT2D eigenvalue weighted by Gasteiger charge is 2.19. The number of fused-ring (bicyclic) bond motifs is 1. The molecule has 0 unspecified atom stereocenters. The third-order valence-corrected chi connectivity index (χ3v) is 4.35. The monoisotopic (exact) mass is 390 g/mol. The first-order valence-electron chi connectivity index (χ1n) is 8.81. The van der Waals surface area contributed by atoms with E-state index in [1.807, 2.05) is 59.5 Å². The summed E-state index contributed by atoms with van der Waals surface area (Å²) < 4.78 is 6.81. The molecule has 2 heterocycles. The molecule has 0 fully saturated rings. The topological polar surface area (TPSA) is 105 Å². The van der Waals surface area contributed by atoms with Crippen molar-refractivity contribution >= 4 is 29.2 Å². The van der Waals surface area contributed by atoms with Crippen LogP contribution in [0.25, 0.3) is 5.65 Å². The largest absolute Gasteiger partial charge is 0.497 e. The first-order chi connectivity index (χ1) is 14.2. The molecule has 4 rings (SSSR count). The number of methoxy groups -OCH3 is 1. The van der Waals surface area contributed by atoms with Crippen LogP contribution in [0.3, 0.4) is 0 Å². The molecule has 0 aliphatic carbocycles. The van der Waals surface area contributed by atoms with Crippen LogP contribution in [-0.4, -0.2) is 37.9 Å². The van der Waals surface area contributed by atoms with Gasteiger partial charge in [0.05, 0.1) is 7.11 Å². The van der Waals surface area contributed by atoms with Crippen molar-refractivity contribution in [2.45, 2.75) is 6.54 Å². The van der Waals surface area contributed by atoms with Crippen LogP contribution in [0, 0.1) is 0 Å². The summed E-state index contributed by atoms with van der Waals surface area (Å²) in [6.45, 7) is 0.536. The first kappa shape index (κ1) is 18.2. The number of nitrogens with one attached hydrogen (secondary N) is 1. The first-order valence-corrected chi connectivity index (χ1v) is 8.81. The number of hydrogen-bond donors (Lipinski definition) is 2. The summed E-state index contributed by atoms with van der Waals surface area (Å²) in [6, 6.07) is 17.6. The van der Waals surface area contributed by atoms with E-state index in [1.165, 1.54) is 0 Å². The molecular weight excluding hydrogens is 372 g/mol. The molecule has 0 aliphatic rings. The number of carboxylic acid groups (broad SMARTS) is 1. The molecule has 0 bridgehead atoms. The Hall–Kier alpha value is -4.14.